The minimum Gasteiger partial charge on any atom is -0.444 e. The maximum absolute atomic E-state index is 12.1. The first-order valence-corrected chi connectivity index (χ1v) is 8.54. The van der Waals surface area contributed by atoms with Crippen LogP contribution in [0.3, 0.4) is 0 Å². The van der Waals surface area contributed by atoms with Gasteiger partial charge in [0.15, 0.2) is 0 Å². The Bertz CT molecular complexity index is 512. The van der Waals surface area contributed by atoms with E-state index in [0.29, 0.717) is 32.9 Å². The number of rotatable bonds is 4. The van der Waals surface area contributed by atoms with Gasteiger partial charge in [-0.25, -0.2) is 4.79 Å². The molecule has 5 nitrogen and oxygen atoms in total. The van der Waals surface area contributed by atoms with E-state index in [2.05, 4.69) is 15.9 Å². The number of hydrogen-bond acceptors (Lipinski definition) is 4. The summed E-state index contributed by atoms with van der Waals surface area (Å²) < 4.78 is 17.8. The average molecular weight is 386 g/mol. The highest BCUT2D eigenvalue weighted by atomic mass is 79.9. The molecule has 0 aromatic heterocycles. The third-order valence-electron chi connectivity index (χ3n) is 3.28. The number of benzene rings is 1. The topological polar surface area (TPSA) is 48.0 Å². The highest BCUT2D eigenvalue weighted by Gasteiger charge is 2.28. The van der Waals surface area contributed by atoms with Gasteiger partial charge in [-0.2, -0.15) is 0 Å². The summed E-state index contributed by atoms with van der Waals surface area (Å²) in [4.78, 5) is 13.8. The van der Waals surface area contributed by atoms with Crippen molar-refractivity contribution in [2.24, 2.45) is 0 Å². The summed E-state index contributed by atoms with van der Waals surface area (Å²) in [5.41, 5.74) is 0.621. The molecule has 1 aliphatic heterocycles. The normalized spacial score (nSPS) is 18.8. The fourth-order valence-corrected chi connectivity index (χ4v) is 2.47. The maximum Gasteiger partial charge on any atom is 0.410 e. The van der Waals surface area contributed by atoms with E-state index in [4.69, 9.17) is 14.2 Å². The van der Waals surface area contributed by atoms with Crippen LogP contribution in [-0.4, -0.2) is 49.0 Å². The molecule has 1 aromatic rings. The number of ether oxygens (including phenoxy) is 3. The van der Waals surface area contributed by atoms with Crippen molar-refractivity contribution >= 4 is 22.0 Å². The van der Waals surface area contributed by atoms with Crippen LogP contribution in [0.1, 0.15) is 26.3 Å². The number of halogens is 1. The van der Waals surface area contributed by atoms with E-state index in [1.54, 1.807) is 4.90 Å². The molecule has 6 heteroatoms. The molecule has 23 heavy (non-hydrogen) atoms. The number of carbonyl (C=O) groups excluding carboxylic acids is 1. The summed E-state index contributed by atoms with van der Waals surface area (Å²) in [6.45, 7) is 8.13. The van der Waals surface area contributed by atoms with E-state index in [1.165, 1.54) is 0 Å². The molecule has 0 aliphatic carbocycles. The fraction of sp³-hybridized carbons (Fsp3) is 0.588. The lowest BCUT2D eigenvalue weighted by atomic mass is 10.2. The van der Waals surface area contributed by atoms with Crippen LogP contribution in [0.5, 0.6) is 0 Å². The molecule has 1 heterocycles. The zero-order valence-electron chi connectivity index (χ0n) is 13.9. The van der Waals surface area contributed by atoms with Gasteiger partial charge in [0.25, 0.3) is 0 Å². The van der Waals surface area contributed by atoms with Crippen molar-refractivity contribution in [3.8, 4) is 0 Å². The molecule has 0 saturated carbocycles. The Morgan fingerprint density at radius 1 is 1.35 bits per heavy atom. The minimum absolute atomic E-state index is 0.119. The fourth-order valence-electron chi connectivity index (χ4n) is 2.20. The molecule has 1 saturated heterocycles. The monoisotopic (exact) mass is 385 g/mol. The van der Waals surface area contributed by atoms with Crippen LogP contribution in [0.2, 0.25) is 0 Å². The quantitative estimate of drug-likeness (QED) is 0.794. The Morgan fingerprint density at radius 3 is 2.70 bits per heavy atom. The number of morpholine rings is 1. The van der Waals surface area contributed by atoms with Gasteiger partial charge in [0.1, 0.15) is 5.60 Å². The van der Waals surface area contributed by atoms with Crippen LogP contribution in [0, 0.1) is 0 Å². The predicted octanol–water partition coefficient (Wildman–Crippen LogP) is 3.60. The van der Waals surface area contributed by atoms with Gasteiger partial charge in [-0.15, -0.1) is 0 Å². The van der Waals surface area contributed by atoms with Crippen LogP contribution >= 0.6 is 15.9 Å². The standard InChI is InChI=1S/C17H24BrNO4/c1-17(2,3)23-16(20)19-8-9-22-15(10-19)12-21-11-13-4-6-14(18)7-5-13/h4-7,15H,8-12H2,1-3H3. The van der Waals surface area contributed by atoms with Gasteiger partial charge < -0.3 is 19.1 Å². The van der Waals surface area contributed by atoms with Gasteiger partial charge in [-0.3, -0.25) is 0 Å². The second kappa shape index (κ2) is 8.13. The van der Waals surface area contributed by atoms with E-state index in [9.17, 15) is 4.79 Å². The maximum atomic E-state index is 12.1. The Kier molecular flexibility index (Phi) is 6.44. The van der Waals surface area contributed by atoms with Crippen molar-refractivity contribution in [1.82, 2.24) is 4.90 Å². The molecular formula is C17H24BrNO4. The first-order valence-electron chi connectivity index (χ1n) is 7.75. The van der Waals surface area contributed by atoms with Crippen LogP contribution in [0.4, 0.5) is 4.79 Å². The minimum atomic E-state index is -0.483. The van der Waals surface area contributed by atoms with Crippen LogP contribution in [0.25, 0.3) is 0 Å². The van der Waals surface area contributed by atoms with Crippen molar-refractivity contribution in [1.29, 1.82) is 0 Å². The Labute approximate surface area is 146 Å². The highest BCUT2D eigenvalue weighted by Crippen LogP contribution is 2.14. The Morgan fingerprint density at radius 2 is 2.04 bits per heavy atom. The summed E-state index contributed by atoms with van der Waals surface area (Å²) in [5.74, 6) is 0. The van der Waals surface area contributed by atoms with Crippen LogP contribution < -0.4 is 0 Å². The van der Waals surface area contributed by atoms with Crippen molar-refractivity contribution in [3.05, 3.63) is 34.3 Å². The zero-order chi connectivity index (χ0) is 16.9. The molecule has 1 fully saturated rings. The summed E-state index contributed by atoms with van der Waals surface area (Å²) in [6.07, 6.45) is -0.412. The predicted molar refractivity (Wildman–Crippen MR) is 91.3 cm³/mol. The van der Waals surface area contributed by atoms with E-state index < -0.39 is 5.60 Å². The highest BCUT2D eigenvalue weighted by molar-refractivity contribution is 9.10. The molecule has 0 bridgehead atoms. The van der Waals surface area contributed by atoms with Gasteiger partial charge >= 0.3 is 6.09 Å². The van der Waals surface area contributed by atoms with E-state index in [1.807, 2.05) is 45.0 Å². The van der Waals surface area contributed by atoms with E-state index in [0.717, 1.165) is 10.0 Å². The Balaban J connectivity index is 1.75. The molecule has 0 N–H and O–H groups in total. The molecule has 128 valence electrons. The summed E-state index contributed by atoms with van der Waals surface area (Å²) in [5, 5.41) is 0. The van der Waals surface area contributed by atoms with Crippen molar-refractivity contribution in [2.45, 2.75) is 39.1 Å². The average Bonchev–Trinajstić information content (AvgIpc) is 2.48. The molecule has 0 spiro atoms. The molecule has 0 radical (unpaired) electrons. The van der Waals surface area contributed by atoms with Gasteiger partial charge in [-0.05, 0) is 38.5 Å². The lowest BCUT2D eigenvalue weighted by Crippen LogP contribution is -2.48. The third kappa shape index (κ3) is 6.49. The molecule has 1 aliphatic rings. The molecular weight excluding hydrogens is 362 g/mol. The van der Waals surface area contributed by atoms with Crippen molar-refractivity contribution in [2.75, 3.05) is 26.3 Å². The van der Waals surface area contributed by atoms with Crippen molar-refractivity contribution < 1.29 is 19.0 Å². The number of nitrogens with zero attached hydrogens (tertiary/aromatic N) is 1. The number of carbonyl (C=O) groups is 1. The van der Waals surface area contributed by atoms with Gasteiger partial charge in [0.05, 0.1) is 32.5 Å². The number of hydrogen-bond donors (Lipinski definition) is 0. The summed E-state index contributed by atoms with van der Waals surface area (Å²) >= 11 is 3.41. The third-order valence-corrected chi connectivity index (χ3v) is 3.80. The molecule has 2 rings (SSSR count). The lowest BCUT2D eigenvalue weighted by molar-refractivity contribution is -0.0750. The molecule has 1 amide bonds. The number of amides is 1. The van der Waals surface area contributed by atoms with Gasteiger partial charge in [-0.1, -0.05) is 28.1 Å². The molecule has 1 unspecified atom stereocenters. The van der Waals surface area contributed by atoms with Gasteiger partial charge in [0.2, 0.25) is 0 Å². The summed E-state index contributed by atoms with van der Waals surface area (Å²) in [7, 11) is 0. The van der Waals surface area contributed by atoms with Crippen molar-refractivity contribution in [3.63, 3.8) is 0 Å². The smallest absolute Gasteiger partial charge is 0.410 e. The zero-order valence-corrected chi connectivity index (χ0v) is 15.5. The van der Waals surface area contributed by atoms with Crippen LogP contribution in [-0.2, 0) is 20.8 Å². The SMILES string of the molecule is CC(C)(C)OC(=O)N1CCOC(COCc2ccc(Br)cc2)C1. The van der Waals surface area contributed by atoms with E-state index >= 15 is 0 Å². The van der Waals surface area contributed by atoms with Gasteiger partial charge in [0, 0.05) is 11.0 Å². The van der Waals surface area contributed by atoms with E-state index in [-0.39, 0.29) is 12.2 Å². The lowest BCUT2D eigenvalue weighted by Gasteiger charge is -2.34. The summed E-state index contributed by atoms with van der Waals surface area (Å²) in [6, 6.07) is 8.00. The Hall–Kier alpha value is -1.11. The largest absolute Gasteiger partial charge is 0.444 e. The second-order valence-electron chi connectivity index (χ2n) is 6.56. The molecule has 1 aromatic carbocycles. The van der Waals surface area contributed by atoms with Crippen LogP contribution in [0.15, 0.2) is 28.7 Å². The second-order valence-corrected chi connectivity index (χ2v) is 7.48. The first-order chi connectivity index (χ1) is 10.8. The molecule has 1 atom stereocenters. The first kappa shape index (κ1) is 18.2.